The molecule has 0 saturated carbocycles. The first-order valence-electron chi connectivity index (χ1n) is 5.49. The van der Waals surface area contributed by atoms with Crippen molar-refractivity contribution >= 4 is 0 Å². The van der Waals surface area contributed by atoms with E-state index >= 15 is 0 Å². The lowest BCUT2D eigenvalue weighted by Crippen LogP contribution is -2.08. The molecule has 3 heterocycles. The molecule has 1 unspecified atom stereocenters. The molecule has 1 aromatic rings. The van der Waals surface area contributed by atoms with Gasteiger partial charge in [-0.05, 0) is 13.3 Å². The van der Waals surface area contributed by atoms with Gasteiger partial charge >= 0.3 is 0 Å². The Labute approximate surface area is 89.1 Å². The second-order valence-electron chi connectivity index (χ2n) is 4.26. The average Bonchev–Trinajstić information content (AvgIpc) is 2.88. The molecule has 1 saturated heterocycles. The predicted molar refractivity (Wildman–Crippen MR) is 55.5 cm³/mol. The molecule has 1 atom stereocenters. The Kier molecular flexibility index (Phi) is 2.18. The Morgan fingerprint density at radius 1 is 1.33 bits per heavy atom. The highest BCUT2D eigenvalue weighted by Crippen LogP contribution is 2.25. The topological polar surface area (TPSA) is 47.0 Å². The number of hydrogen-bond acceptors (Lipinski definition) is 4. The minimum atomic E-state index is 0.412. The van der Waals surface area contributed by atoms with Crippen LogP contribution in [0.3, 0.4) is 0 Å². The summed E-state index contributed by atoms with van der Waals surface area (Å²) in [5.41, 5.74) is 3.61. The van der Waals surface area contributed by atoms with E-state index < -0.39 is 0 Å². The molecule has 0 bridgehead atoms. The van der Waals surface area contributed by atoms with E-state index in [0.29, 0.717) is 5.92 Å². The van der Waals surface area contributed by atoms with E-state index in [9.17, 15) is 0 Å². The van der Waals surface area contributed by atoms with Crippen molar-refractivity contribution in [2.75, 3.05) is 13.2 Å². The second-order valence-corrected chi connectivity index (χ2v) is 4.26. The van der Waals surface area contributed by atoms with Crippen molar-refractivity contribution in [3.05, 3.63) is 22.8 Å². The zero-order valence-electron chi connectivity index (χ0n) is 8.92. The lowest BCUT2D eigenvalue weighted by Gasteiger charge is -2.09. The van der Waals surface area contributed by atoms with Crippen LogP contribution >= 0.6 is 0 Å². The number of nitrogens with zero attached hydrogens (tertiary/aromatic N) is 2. The fourth-order valence-corrected chi connectivity index (χ4v) is 2.28. The summed E-state index contributed by atoms with van der Waals surface area (Å²) in [6.07, 6.45) is 1.06. The van der Waals surface area contributed by atoms with Crippen molar-refractivity contribution in [2.45, 2.75) is 32.4 Å². The normalized spacial score (nSPS) is 24.5. The van der Waals surface area contributed by atoms with E-state index in [1.54, 1.807) is 0 Å². The molecule has 0 amide bonds. The largest absolute Gasteiger partial charge is 0.381 e. The van der Waals surface area contributed by atoms with Gasteiger partial charge in [0.25, 0.3) is 0 Å². The van der Waals surface area contributed by atoms with Crippen LogP contribution in [0.4, 0.5) is 0 Å². The monoisotopic (exact) mass is 205 g/mol. The molecule has 4 nitrogen and oxygen atoms in total. The Hall–Kier alpha value is -1.00. The SMILES string of the molecule is Cc1nc(C2CCOC2)nc2c1CNC2. The molecular formula is C11H15N3O. The number of aryl methyl sites for hydroxylation is 1. The van der Waals surface area contributed by atoms with Crippen LogP contribution in [-0.4, -0.2) is 23.2 Å². The van der Waals surface area contributed by atoms with Crippen molar-refractivity contribution < 1.29 is 4.74 Å². The van der Waals surface area contributed by atoms with Crippen LogP contribution < -0.4 is 5.32 Å². The number of hydrogen-bond donors (Lipinski definition) is 1. The third kappa shape index (κ3) is 1.54. The summed E-state index contributed by atoms with van der Waals surface area (Å²) in [6, 6.07) is 0. The molecule has 0 aliphatic carbocycles. The van der Waals surface area contributed by atoms with Crippen molar-refractivity contribution in [1.82, 2.24) is 15.3 Å². The molecule has 1 N–H and O–H groups in total. The zero-order chi connectivity index (χ0) is 10.3. The Morgan fingerprint density at radius 3 is 3.07 bits per heavy atom. The summed E-state index contributed by atoms with van der Waals surface area (Å²) in [5, 5.41) is 3.31. The van der Waals surface area contributed by atoms with Gasteiger partial charge in [-0.2, -0.15) is 0 Å². The van der Waals surface area contributed by atoms with Crippen LogP contribution in [-0.2, 0) is 17.8 Å². The van der Waals surface area contributed by atoms with E-state index in [0.717, 1.165) is 44.2 Å². The molecule has 2 aliphatic rings. The lowest BCUT2D eigenvalue weighted by molar-refractivity contribution is 0.193. The average molecular weight is 205 g/mol. The van der Waals surface area contributed by atoms with Gasteiger partial charge in [0.05, 0.1) is 12.3 Å². The molecule has 1 aromatic heterocycles. The maximum absolute atomic E-state index is 5.38. The first kappa shape index (κ1) is 9.24. The van der Waals surface area contributed by atoms with Crippen molar-refractivity contribution in [3.8, 4) is 0 Å². The minimum Gasteiger partial charge on any atom is -0.381 e. The summed E-state index contributed by atoms with van der Waals surface area (Å²) in [6.45, 7) is 5.52. The third-order valence-corrected chi connectivity index (χ3v) is 3.21. The number of ether oxygens (including phenoxy) is 1. The molecule has 3 rings (SSSR count). The smallest absolute Gasteiger partial charge is 0.134 e. The first-order valence-corrected chi connectivity index (χ1v) is 5.49. The fourth-order valence-electron chi connectivity index (χ4n) is 2.28. The van der Waals surface area contributed by atoms with Gasteiger partial charge < -0.3 is 10.1 Å². The molecule has 1 fully saturated rings. The highest BCUT2D eigenvalue weighted by atomic mass is 16.5. The summed E-state index contributed by atoms with van der Waals surface area (Å²) in [4.78, 5) is 9.24. The maximum Gasteiger partial charge on any atom is 0.134 e. The number of nitrogens with one attached hydrogen (secondary N) is 1. The molecule has 0 aromatic carbocycles. The minimum absolute atomic E-state index is 0.412. The zero-order valence-corrected chi connectivity index (χ0v) is 8.92. The summed E-state index contributed by atoms with van der Waals surface area (Å²) in [5.74, 6) is 1.39. The number of aromatic nitrogens is 2. The van der Waals surface area contributed by atoms with Gasteiger partial charge in [-0.1, -0.05) is 0 Å². The molecule has 4 heteroatoms. The standard InChI is InChI=1S/C11H15N3O/c1-7-9-4-12-5-10(9)14-11(13-7)8-2-3-15-6-8/h8,12H,2-6H2,1H3. The van der Waals surface area contributed by atoms with Gasteiger partial charge in [-0.3, -0.25) is 0 Å². The Balaban J connectivity index is 1.99. The van der Waals surface area contributed by atoms with Crippen LogP contribution in [0.25, 0.3) is 0 Å². The number of rotatable bonds is 1. The summed E-state index contributed by atoms with van der Waals surface area (Å²) < 4.78 is 5.38. The highest BCUT2D eigenvalue weighted by molar-refractivity contribution is 5.29. The maximum atomic E-state index is 5.38. The van der Waals surface area contributed by atoms with E-state index in [-0.39, 0.29) is 0 Å². The van der Waals surface area contributed by atoms with Gasteiger partial charge in [0.15, 0.2) is 0 Å². The molecule has 15 heavy (non-hydrogen) atoms. The predicted octanol–water partition coefficient (Wildman–Crippen LogP) is 0.892. The van der Waals surface area contributed by atoms with E-state index in [2.05, 4.69) is 22.2 Å². The number of fused-ring (bicyclic) bond motifs is 1. The van der Waals surface area contributed by atoms with Crippen molar-refractivity contribution in [1.29, 1.82) is 0 Å². The van der Waals surface area contributed by atoms with E-state index in [4.69, 9.17) is 4.74 Å². The first-order chi connectivity index (χ1) is 7.34. The van der Waals surface area contributed by atoms with Crippen LogP contribution in [0.2, 0.25) is 0 Å². The van der Waals surface area contributed by atoms with Gasteiger partial charge in [-0.25, -0.2) is 9.97 Å². The van der Waals surface area contributed by atoms with Gasteiger partial charge in [0.1, 0.15) is 5.82 Å². The fraction of sp³-hybridized carbons (Fsp3) is 0.636. The van der Waals surface area contributed by atoms with Crippen molar-refractivity contribution in [2.24, 2.45) is 0 Å². The molecule has 0 spiro atoms. The van der Waals surface area contributed by atoms with Crippen LogP contribution in [0.5, 0.6) is 0 Å². The van der Waals surface area contributed by atoms with Crippen LogP contribution in [0.15, 0.2) is 0 Å². The second kappa shape index (κ2) is 3.54. The Bertz CT molecular complexity index is 386. The van der Waals surface area contributed by atoms with Crippen molar-refractivity contribution in [3.63, 3.8) is 0 Å². The Morgan fingerprint density at radius 2 is 2.27 bits per heavy atom. The third-order valence-electron chi connectivity index (χ3n) is 3.21. The molecule has 80 valence electrons. The summed E-state index contributed by atoms with van der Waals surface area (Å²) >= 11 is 0. The van der Waals surface area contributed by atoms with E-state index in [1.807, 2.05) is 0 Å². The molecule has 0 radical (unpaired) electrons. The van der Waals surface area contributed by atoms with Crippen LogP contribution in [0.1, 0.15) is 35.1 Å². The van der Waals surface area contributed by atoms with Gasteiger partial charge in [-0.15, -0.1) is 0 Å². The van der Waals surface area contributed by atoms with Gasteiger partial charge in [0.2, 0.25) is 0 Å². The summed E-state index contributed by atoms with van der Waals surface area (Å²) in [7, 11) is 0. The quantitative estimate of drug-likeness (QED) is 0.739. The molecule has 2 aliphatic heterocycles. The van der Waals surface area contributed by atoms with E-state index in [1.165, 1.54) is 11.3 Å². The van der Waals surface area contributed by atoms with Crippen LogP contribution in [0, 0.1) is 6.92 Å². The lowest BCUT2D eigenvalue weighted by atomic mass is 10.1. The highest BCUT2D eigenvalue weighted by Gasteiger charge is 2.24. The van der Waals surface area contributed by atoms with Gasteiger partial charge in [0, 0.05) is 36.9 Å². The molecular weight excluding hydrogens is 190 g/mol.